The van der Waals surface area contributed by atoms with Crippen LogP contribution in [0, 0.1) is 0 Å². The number of hydrogen-bond acceptors (Lipinski definition) is 2. The summed E-state index contributed by atoms with van der Waals surface area (Å²) in [6, 6.07) is 1.78. The van der Waals surface area contributed by atoms with Crippen molar-refractivity contribution in [2.24, 2.45) is 7.05 Å². The van der Waals surface area contributed by atoms with Crippen molar-refractivity contribution in [1.82, 2.24) is 9.47 Å². The summed E-state index contributed by atoms with van der Waals surface area (Å²) in [6.45, 7) is 1.24. The third-order valence-electron chi connectivity index (χ3n) is 3.19. The van der Waals surface area contributed by atoms with Gasteiger partial charge in [-0.15, -0.1) is 11.6 Å². The van der Waals surface area contributed by atoms with Crippen LogP contribution in [0.1, 0.15) is 35.0 Å². The van der Waals surface area contributed by atoms with Gasteiger partial charge in [0, 0.05) is 32.2 Å². The van der Waals surface area contributed by atoms with E-state index in [1.54, 1.807) is 11.0 Å². The summed E-state index contributed by atoms with van der Waals surface area (Å²) in [5, 5.41) is 10.0. The fourth-order valence-corrected chi connectivity index (χ4v) is 2.41. The normalized spacial score (nSPS) is 20.3. The number of amides is 1. The van der Waals surface area contributed by atoms with Crippen LogP contribution in [0.25, 0.3) is 0 Å². The summed E-state index contributed by atoms with van der Waals surface area (Å²) in [7, 11) is 1.85. The van der Waals surface area contributed by atoms with Crippen molar-refractivity contribution in [3.8, 4) is 0 Å². The number of nitrogens with zero attached hydrogens (tertiary/aromatic N) is 2. The maximum atomic E-state index is 12.3. The van der Waals surface area contributed by atoms with Crippen molar-refractivity contribution in [2.45, 2.75) is 18.9 Å². The van der Waals surface area contributed by atoms with Crippen molar-refractivity contribution in [3.63, 3.8) is 0 Å². The van der Waals surface area contributed by atoms with Gasteiger partial charge < -0.3 is 14.6 Å². The Bertz CT molecular complexity index is 417. The second-order valence-corrected chi connectivity index (χ2v) is 4.74. The minimum absolute atomic E-state index is 0.00210. The Balaban J connectivity index is 2.27. The maximum Gasteiger partial charge on any atom is 0.255 e. The van der Waals surface area contributed by atoms with Crippen molar-refractivity contribution >= 4 is 17.5 Å². The molecule has 2 rings (SSSR count). The Kier molecular flexibility index (Phi) is 3.74. The van der Waals surface area contributed by atoms with Gasteiger partial charge in [0.05, 0.1) is 17.4 Å². The quantitative estimate of drug-likeness (QED) is 0.834. The number of aromatic nitrogens is 1. The van der Waals surface area contributed by atoms with E-state index in [0.717, 1.165) is 12.1 Å². The van der Waals surface area contributed by atoms with Gasteiger partial charge in [-0.2, -0.15) is 0 Å². The Labute approximate surface area is 106 Å². The molecular formula is C12H17ClN2O2. The Morgan fingerprint density at radius 3 is 3.06 bits per heavy atom. The lowest BCUT2D eigenvalue weighted by atomic mass is 10.1. The highest BCUT2D eigenvalue weighted by Crippen LogP contribution is 2.27. The summed E-state index contributed by atoms with van der Waals surface area (Å²) >= 11 is 5.65. The molecule has 1 aliphatic rings. The first-order chi connectivity index (χ1) is 8.15. The number of carbonyl (C=O) groups is 1. The molecule has 0 saturated carbocycles. The zero-order valence-corrected chi connectivity index (χ0v) is 10.7. The van der Waals surface area contributed by atoms with Gasteiger partial charge in [-0.3, -0.25) is 4.79 Å². The lowest BCUT2D eigenvalue weighted by Crippen LogP contribution is -2.32. The second kappa shape index (κ2) is 5.10. The predicted molar refractivity (Wildman–Crippen MR) is 66.2 cm³/mol. The van der Waals surface area contributed by atoms with Gasteiger partial charge in [0.15, 0.2) is 0 Å². The highest BCUT2D eigenvalue weighted by Gasteiger charge is 2.28. The molecule has 0 radical (unpaired) electrons. The number of hydrogen-bond donors (Lipinski definition) is 1. The monoisotopic (exact) mass is 256 g/mol. The number of fused-ring (bicyclic) bond motifs is 1. The molecule has 1 aliphatic heterocycles. The van der Waals surface area contributed by atoms with Gasteiger partial charge in [-0.25, -0.2) is 0 Å². The highest BCUT2D eigenvalue weighted by atomic mass is 35.5. The van der Waals surface area contributed by atoms with E-state index >= 15 is 0 Å². The smallest absolute Gasteiger partial charge is 0.255 e. The lowest BCUT2D eigenvalue weighted by molar-refractivity contribution is 0.0747. The SMILES string of the molecule is Cn1ccc2c1C(O)CCN(CCCCl)C2=O. The summed E-state index contributed by atoms with van der Waals surface area (Å²) in [5.41, 5.74) is 1.34. The number of alkyl halides is 1. The third-order valence-corrected chi connectivity index (χ3v) is 3.46. The van der Waals surface area contributed by atoms with Crippen LogP contribution in [-0.2, 0) is 7.05 Å². The van der Waals surface area contributed by atoms with E-state index in [0.29, 0.717) is 31.0 Å². The van der Waals surface area contributed by atoms with E-state index in [2.05, 4.69) is 0 Å². The molecule has 94 valence electrons. The average molecular weight is 257 g/mol. The molecule has 1 aromatic rings. The molecule has 1 atom stereocenters. The van der Waals surface area contributed by atoms with E-state index in [9.17, 15) is 9.90 Å². The van der Waals surface area contributed by atoms with Crippen molar-refractivity contribution in [2.75, 3.05) is 19.0 Å². The van der Waals surface area contributed by atoms with E-state index in [1.807, 2.05) is 17.8 Å². The van der Waals surface area contributed by atoms with Crippen LogP contribution in [0.5, 0.6) is 0 Å². The fraction of sp³-hybridized carbons (Fsp3) is 0.583. The van der Waals surface area contributed by atoms with Crippen LogP contribution in [0.15, 0.2) is 12.3 Å². The third kappa shape index (κ3) is 2.33. The highest BCUT2D eigenvalue weighted by molar-refractivity contribution is 6.17. The van der Waals surface area contributed by atoms with Crippen molar-refractivity contribution in [3.05, 3.63) is 23.5 Å². The Morgan fingerprint density at radius 1 is 1.59 bits per heavy atom. The standard InChI is InChI=1S/C12H17ClN2O2/c1-14-7-3-9-11(14)10(16)4-8-15(12(9)17)6-2-5-13/h3,7,10,16H,2,4-6,8H2,1H3. The molecule has 1 unspecified atom stereocenters. The number of rotatable bonds is 3. The molecule has 0 fully saturated rings. The molecular weight excluding hydrogens is 240 g/mol. The summed E-state index contributed by atoms with van der Waals surface area (Å²) in [6.07, 6.45) is 2.62. The van der Waals surface area contributed by atoms with E-state index < -0.39 is 6.10 Å². The number of aliphatic hydroxyl groups is 1. The van der Waals surface area contributed by atoms with Crippen LogP contribution in [-0.4, -0.2) is 39.5 Å². The molecule has 4 nitrogen and oxygen atoms in total. The topological polar surface area (TPSA) is 45.5 Å². The summed E-state index contributed by atoms with van der Waals surface area (Å²) in [5.74, 6) is 0.552. The van der Waals surface area contributed by atoms with Crippen LogP contribution in [0.3, 0.4) is 0 Å². The minimum atomic E-state index is -0.560. The van der Waals surface area contributed by atoms with Crippen LogP contribution in [0.2, 0.25) is 0 Å². The van der Waals surface area contributed by atoms with Gasteiger partial charge in [0.1, 0.15) is 0 Å². The van der Waals surface area contributed by atoms with E-state index in [1.165, 1.54) is 0 Å². The van der Waals surface area contributed by atoms with Crippen molar-refractivity contribution < 1.29 is 9.90 Å². The first-order valence-corrected chi connectivity index (χ1v) is 6.37. The Morgan fingerprint density at radius 2 is 2.35 bits per heavy atom. The molecule has 0 aromatic carbocycles. The molecule has 0 aliphatic carbocycles. The number of aliphatic hydroxyl groups excluding tert-OH is 1. The van der Waals surface area contributed by atoms with Crippen LogP contribution in [0.4, 0.5) is 0 Å². The molecule has 2 heterocycles. The summed E-state index contributed by atoms with van der Waals surface area (Å²) < 4.78 is 1.82. The fourth-order valence-electron chi connectivity index (χ4n) is 2.29. The molecule has 5 heteroatoms. The van der Waals surface area contributed by atoms with Gasteiger partial charge >= 0.3 is 0 Å². The number of aryl methyl sites for hydroxylation is 1. The zero-order valence-electron chi connectivity index (χ0n) is 9.90. The van der Waals surface area contributed by atoms with Crippen LogP contribution < -0.4 is 0 Å². The molecule has 0 bridgehead atoms. The van der Waals surface area contributed by atoms with E-state index in [4.69, 9.17) is 11.6 Å². The second-order valence-electron chi connectivity index (χ2n) is 4.36. The van der Waals surface area contributed by atoms with Gasteiger partial charge in [0.25, 0.3) is 5.91 Å². The van der Waals surface area contributed by atoms with Gasteiger partial charge in [-0.1, -0.05) is 0 Å². The zero-order chi connectivity index (χ0) is 12.4. The Hall–Kier alpha value is -1.00. The number of halogens is 1. The molecule has 17 heavy (non-hydrogen) atoms. The van der Waals surface area contributed by atoms with Crippen LogP contribution >= 0.6 is 11.6 Å². The molecule has 1 amide bonds. The first-order valence-electron chi connectivity index (χ1n) is 5.83. The van der Waals surface area contributed by atoms with Gasteiger partial charge in [0.2, 0.25) is 0 Å². The summed E-state index contributed by atoms with van der Waals surface area (Å²) in [4.78, 5) is 14.0. The number of carbonyl (C=O) groups excluding carboxylic acids is 1. The maximum absolute atomic E-state index is 12.3. The van der Waals surface area contributed by atoms with Gasteiger partial charge in [-0.05, 0) is 18.9 Å². The van der Waals surface area contributed by atoms with Crippen molar-refractivity contribution in [1.29, 1.82) is 0 Å². The predicted octanol–water partition coefficient (Wildman–Crippen LogP) is 1.53. The minimum Gasteiger partial charge on any atom is -0.387 e. The first kappa shape index (κ1) is 12.5. The lowest BCUT2D eigenvalue weighted by Gasteiger charge is -2.19. The van der Waals surface area contributed by atoms with E-state index in [-0.39, 0.29) is 5.91 Å². The molecule has 0 saturated heterocycles. The molecule has 1 aromatic heterocycles. The molecule has 0 spiro atoms. The largest absolute Gasteiger partial charge is 0.387 e. The molecule has 1 N–H and O–H groups in total. The average Bonchev–Trinajstić information content (AvgIpc) is 2.64.